The molecule has 1 aromatic rings. The summed E-state index contributed by atoms with van der Waals surface area (Å²) in [5, 5.41) is 20.2. The van der Waals surface area contributed by atoms with Crippen LogP contribution in [0.15, 0.2) is 30.3 Å². The van der Waals surface area contributed by atoms with Crippen LogP contribution in [0, 0.1) is 16.5 Å². The standard InChI is InChI=1S/C11H12N2O/c1-11(2,9-12)13(14)8-10-6-4-3-5-7-10/h3-8H,1-2H3/b13-8-. The van der Waals surface area contributed by atoms with Crippen molar-refractivity contribution in [3.63, 3.8) is 0 Å². The van der Waals surface area contributed by atoms with Gasteiger partial charge in [-0.3, -0.25) is 0 Å². The van der Waals surface area contributed by atoms with E-state index in [1.54, 1.807) is 13.8 Å². The van der Waals surface area contributed by atoms with Crippen LogP contribution in [0.5, 0.6) is 0 Å². The molecule has 0 fully saturated rings. The van der Waals surface area contributed by atoms with Crippen LogP contribution in [0.4, 0.5) is 0 Å². The highest BCUT2D eigenvalue weighted by molar-refractivity contribution is 5.75. The number of benzene rings is 1. The summed E-state index contributed by atoms with van der Waals surface area (Å²) in [5.74, 6) is 0. The molecule has 0 aliphatic heterocycles. The molecule has 0 N–H and O–H groups in total. The second-order valence-electron chi connectivity index (χ2n) is 3.54. The lowest BCUT2D eigenvalue weighted by Gasteiger charge is -2.15. The summed E-state index contributed by atoms with van der Waals surface area (Å²) in [6, 6.07) is 11.1. The van der Waals surface area contributed by atoms with Crippen molar-refractivity contribution in [2.24, 2.45) is 0 Å². The SMILES string of the molecule is CC(C)(C#N)/[N+]([O-])=C/c1ccccc1. The van der Waals surface area contributed by atoms with E-state index in [2.05, 4.69) is 0 Å². The fourth-order valence-electron chi connectivity index (χ4n) is 0.885. The molecule has 0 atom stereocenters. The molecule has 0 bridgehead atoms. The van der Waals surface area contributed by atoms with Crippen molar-refractivity contribution < 1.29 is 4.74 Å². The molecule has 1 rings (SSSR count). The van der Waals surface area contributed by atoms with E-state index in [0.29, 0.717) is 4.74 Å². The van der Waals surface area contributed by atoms with Gasteiger partial charge in [-0.2, -0.15) is 10.0 Å². The predicted molar refractivity (Wildman–Crippen MR) is 54.9 cm³/mol. The number of hydroxylamine groups is 1. The first-order chi connectivity index (χ1) is 6.56. The van der Waals surface area contributed by atoms with Gasteiger partial charge in [-0.1, -0.05) is 18.2 Å². The summed E-state index contributed by atoms with van der Waals surface area (Å²) in [6.45, 7) is 3.17. The Labute approximate surface area is 83.5 Å². The molecule has 14 heavy (non-hydrogen) atoms. The zero-order chi connectivity index (χ0) is 10.6. The van der Waals surface area contributed by atoms with Gasteiger partial charge < -0.3 is 5.21 Å². The zero-order valence-electron chi connectivity index (χ0n) is 8.27. The molecular weight excluding hydrogens is 176 g/mol. The van der Waals surface area contributed by atoms with Crippen molar-refractivity contribution in [3.05, 3.63) is 41.1 Å². The monoisotopic (exact) mass is 188 g/mol. The van der Waals surface area contributed by atoms with Crippen molar-refractivity contribution in [3.8, 4) is 6.07 Å². The van der Waals surface area contributed by atoms with Gasteiger partial charge in [0.2, 0.25) is 0 Å². The molecule has 0 aromatic heterocycles. The first kappa shape index (κ1) is 10.3. The van der Waals surface area contributed by atoms with E-state index in [9.17, 15) is 5.21 Å². The molecule has 0 saturated carbocycles. The summed E-state index contributed by atoms with van der Waals surface area (Å²) in [7, 11) is 0. The van der Waals surface area contributed by atoms with Crippen LogP contribution in [0.3, 0.4) is 0 Å². The van der Waals surface area contributed by atoms with Gasteiger partial charge in [0, 0.05) is 19.4 Å². The van der Waals surface area contributed by atoms with Crippen LogP contribution in [-0.2, 0) is 0 Å². The lowest BCUT2D eigenvalue weighted by atomic mass is 10.1. The third-order valence-electron chi connectivity index (χ3n) is 1.89. The average Bonchev–Trinajstić information content (AvgIpc) is 2.19. The van der Waals surface area contributed by atoms with Gasteiger partial charge in [-0.15, -0.1) is 0 Å². The van der Waals surface area contributed by atoms with Gasteiger partial charge in [-0.25, -0.2) is 0 Å². The van der Waals surface area contributed by atoms with Crippen molar-refractivity contribution in [2.75, 3.05) is 0 Å². The maximum atomic E-state index is 11.5. The molecule has 0 heterocycles. The fourth-order valence-corrected chi connectivity index (χ4v) is 0.885. The van der Waals surface area contributed by atoms with Crippen LogP contribution < -0.4 is 0 Å². The maximum absolute atomic E-state index is 11.5. The topological polar surface area (TPSA) is 49.9 Å². The molecule has 0 aliphatic rings. The van der Waals surface area contributed by atoms with Crippen LogP contribution in [-0.4, -0.2) is 16.5 Å². The maximum Gasteiger partial charge on any atom is 0.252 e. The molecule has 0 amide bonds. The summed E-state index contributed by atoms with van der Waals surface area (Å²) in [6.07, 6.45) is 1.42. The van der Waals surface area contributed by atoms with Crippen molar-refractivity contribution in [1.82, 2.24) is 0 Å². The number of hydrogen-bond acceptors (Lipinski definition) is 2. The van der Waals surface area contributed by atoms with Gasteiger partial charge in [0.1, 0.15) is 6.07 Å². The molecular formula is C11H12N2O. The number of nitrogens with zero attached hydrogens (tertiary/aromatic N) is 2. The van der Waals surface area contributed by atoms with Gasteiger partial charge in [-0.05, 0) is 12.1 Å². The normalized spacial score (nSPS) is 12.2. The minimum Gasteiger partial charge on any atom is -0.623 e. The van der Waals surface area contributed by atoms with Crippen LogP contribution in [0.25, 0.3) is 0 Å². The summed E-state index contributed by atoms with van der Waals surface area (Å²) in [5.41, 5.74) is -0.221. The molecule has 3 heteroatoms. The highest BCUT2D eigenvalue weighted by atomic mass is 16.5. The van der Waals surface area contributed by atoms with Crippen molar-refractivity contribution in [2.45, 2.75) is 19.4 Å². The molecule has 72 valence electrons. The Balaban J connectivity index is 2.97. The molecule has 0 spiro atoms. The Hall–Kier alpha value is -1.82. The third kappa shape index (κ3) is 2.33. The van der Waals surface area contributed by atoms with Crippen molar-refractivity contribution >= 4 is 6.21 Å². The summed E-state index contributed by atoms with van der Waals surface area (Å²) in [4.78, 5) is 0. The van der Waals surface area contributed by atoms with Gasteiger partial charge >= 0.3 is 0 Å². The van der Waals surface area contributed by atoms with Crippen molar-refractivity contribution in [1.29, 1.82) is 5.26 Å². The Morgan fingerprint density at radius 3 is 2.43 bits per heavy atom. The molecule has 0 unspecified atom stereocenters. The minimum atomic E-state index is -1.02. The Morgan fingerprint density at radius 1 is 1.36 bits per heavy atom. The predicted octanol–water partition coefficient (Wildman–Crippen LogP) is 1.92. The van der Waals surface area contributed by atoms with E-state index in [-0.39, 0.29) is 0 Å². The number of hydrogen-bond donors (Lipinski definition) is 0. The van der Waals surface area contributed by atoms with Crippen LogP contribution in [0.2, 0.25) is 0 Å². The van der Waals surface area contributed by atoms with E-state index >= 15 is 0 Å². The second kappa shape index (κ2) is 3.93. The molecule has 0 saturated heterocycles. The Bertz CT molecular complexity index is 374. The van der Waals surface area contributed by atoms with E-state index in [1.165, 1.54) is 6.21 Å². The Morgan fingerprint density at radius 2 is 1.93 bits per heavy atom. The smallest absolute Gasteiger partial charge is 0.252 e. The molecule has 1 aromatic carbocycles. The number of nitriles is 1. The molecule has 3 nitrogen and oxygen atoms in total. The lowest BCUT2D eigenvalue weighted by Crippen LogP contribution is -2.31. The second-order valence-corrected chi connectivity index (χ2v) is 3.54. The average molecular weight is 188 g/mol. The fraction of sp³-hybridized carbons (Fsp3) is 0.273. The van der Waals surface area contributed by atoms with Gasteiger partial charge in [0.05, 0.1) is 0 Å². The highest BCUT2D eigenvalue weighted by Gasteiger charge is 2.24. The third-order valence-corrected chi connectivity index (χ3v) is 1.89. The zero-order valence-corrected chi connectivity index (χ0v) is 8.27. The van der Waals surface area contributed by atoms with Crippen LogP contribution in [0.1, 0.15) is 19.4 Å². The molecule has 0 aliphatic carbocycles. The van der Waals surface area contributed by atoms with E-state index < -0.39 is 5.54 Å². The largest absolute Gasteiger partial charge is 0.623 e. The van der Waals surface area contributed by atoms with Crippen LogP contribution >= 0.6 is 0 Å². The lowest BCUT2D eigenvalue weighted by molar-refractivity contribution is -0.517. The van der Waals surface area contributed by atoms with E-state index in [1.807, 2.05) is 36.4 Å². The van der Waals surface area contributed by atoms with Gasteiger partial charge in [0.25, 0.3) is 5.54 Å². The first-order valence-electron chi connectivity index (χ1n) is 4.34. The quantitative estimate of drug-likeness (QED) is 0.308. The first-order valence-corrected chi connectivity index (χ1v) is 4.34. The minimum absolute atomic E-state index is 0.669. The Kier molecular flexibility index (Phi) is 2.88. The highest BCUT2D eigenvalue weighted by Crippen LogP contribution is 2.06. The number of rotatable bonds is 2. The van der Waals surface area contributed by atoms with E-state index in [4.69, 9.17) is 5.26 Å². The summed E-state index contributed by atoms with van der Waals surface area (Å²) < 4.78 is 0.669. The molecule has 0 radical (unpaired) electrons. The van der Waals surface area contributed by atoms with Gasteiger partial charge in [0.15, 0.2) is 6.21 Å². The van der Waals surface area contributed by atoms with E-state index in [0.717, 1.165) is 5.56 Å². The summed E-state index contributed by atoms with van der Waals surface area (Å²) >= 11 is 0.